The molecule has 0 unspecified atom stereocenters. The summed E-state index contributed by atoms with van der Waals surface area (Å²) in [5.41, 5.74) is 1.71. The monoisotopic (exact) mass is 429 g/mol. The molecule has 8 heteroatoms. The van der Waals surface area contributed by atoms with Gasteiger partial charge in [-0.2, -0.15) is 0 Å². The SMILES string of the molecule is CCn1c(SCC(=O)OCC(=O)c2ccc(C(C)C)cc2)nnc1-c1cccs1. The highest BCUT2D eigenvalue weighted by molar-refractivity contribution is 7.99. The summed E-state index contributed by atoms with van der Waals surface area (Å²) in [6.45, 7) is 6.63. The van der Waals surface area contributed by atoms with Crippen LogP contribution in [0.25, 0.3) is 10.7 Å². The molecule has 0 saturated heterocycles. The molecule has 2 aromatic heterocycles. The number of nitrogens with zero attached hydrogens (tertiary/aromatic N) is 3. The predicted octanol–water partition coefficient (Wildman–Crippen LogP) is 4.67. The van der Waals surface area contributed by atoms with Crippen molar-refractivity contribution in [2.24, 2.45) is 0 Å². The van der Waals surface area contributed by atoms with E-state index in [2.05, 4.69) is 24.0 Å². The van der Waals surface area contributed by atoms with Gasteiger partial charge < -0.3 is 9.30 Å². The molecule has 0 radical (unpaired) electrons. The molecular formula is C21H23N3O3S2. The standard InChI is InChI=1S/C21H23N3O3S2/c1-4-24-20(18-6-5-11-28-18)22-23-21(24)29-13-19(26)27-12-17(25)16-9-7-15(8-10-16)14(2)3/h5-11,14H,4,12-13H2,1-3H3. The van der Waals surface area contributed by atoms with Crippen molar-refractivity contribution in [3.63, 3.8) is 0 Å². The zero-order chi connectivity index (χ0) is 20.8. The lowest BCUT2D eigenvalue weighted by atomic mass is 10.0. The Balaban J connectivity index is 1.52. The van der Waals surface area contributed by atoms with Crippen LogP contribution in [0.1, 0.15) is 42.6 Å². The number of rotatable bonds is 9. The minimum Gasteiger partial charge on any atom is -0.457 e. The Morgan fingerprint density at radius 3 is 2.55 bits per heavy atom. The number of thioether (sulfide) groups is 1. The average Bonchev–Trinajstić information content (AvgIpc) is 3.39. The first-order chi connectivity index (χ1) is 14.0. The van der Waals surface area contributed by atoms with Crippen LogP contribution in [0.3, 0.4) is 0 Å². The molecule has 0 atom stereocenters. The van der Waals surface area contributed by atoms with E-state index in [1.165, 1.54) is 11.8 Å². The van der Waals surface area contributed by atoms with E-state index in [0.29, 0.717) is 23.2 Å². The number of carbonyl (C=O) groups excluding carboxylic acids is 2. The van der Waals surface area contributed by atoms with Crippen LogP contribution in [0.5, 0.6) is 0 Å². The summed E-state index contributed by atoms with van der Waals surface area (Å²) in [4.78, 5) is 25.3. The third-order valence-electron chi connectivity index (χ3n) is 4.36. The highest BCUT2D eigenvalue weighted by atomic mass is 32.2. The van der Waals surface area contributed by atoms with Crippen LogP contribution in [0.2, 0.25) is 0 Å². The molecule has 0 aliphatic carbocycles. The molecule has 0 aliphatic rings. The Morgan fingerprint density at radius 2 is 1.93 bits per heavy atom. The first kappa shape index (κ1) is 21.3. The Labute approximate surface area is 178 Å². The second-order valence-electron chi connectivity index (χ2n) is 6.68. The normalized spacial score (nSPS) is 11.0. The van der Waals surface area contributed by atoms with Gasteiger partial charge in [-0.15, -0.1) is 21.5 Å². The van der Waals surface area contributed by atoms with Gasteiger partial charge in [0, 0.05) is 12.1 Å². The van der Waals surface area contributed by atoms with Crippen molar-refractivity contribution in [2.45, 2.75) is 38.4 Å². The molecule has 152 valence electrons. The minimum atomic E-state index is -0.453. The molecule has 0 bridgehead atoms. The van der Waals surface area contributed by atoms with Crippen LogP contribution in [0.15, 0.2) is 46.9 Å². The lowest BCUT2D eigenvalue weighted by Gasteiger charge is -2.08. The van der Waals surface area contributed by atoms with Gasteiger partial charge in [-0.1, -0.05) is 55.9 Å². The molecule has 0 amide bonds. The van der Waals surface area contributed by atoms with Gasteiger partial charge >= 0.3 is 5.97 Å². The van der Waals surface area contributed by atoms with Gasteiger partial charge in [-0.05, 0) is 29.9 Å². The topological polar surface area (TPSA) is 74.1 Å². The molecule has 29 heavy (non-hydrogen) atoms. The zero-order valence-corrected chi connectivity index (χ0v) is 18.3. The second-order valence-corrected chi connectivity index (χ2v) is 8.57. The second kappa shape index (κ2) is 9.84. The van der Waals surface area contributed by atoms with Crippen LogP contribution in [-0.2, 0) is 16.1 Å². The number of Topliss-reactive ketones (excluding diaryl/α,β-unsaturated/α-hetero) is 1. The largest absolute Gasteiger partial charge is 0.457 e. The number of benzene rings is 1. The van der Waals surface area contributed by atoms with Crippen molar-refractivity contribution in [1.82, 2.24) is 14.8 Å². The Kier molecular flexibility index (Phi) is 7.22. The van der Waals surface area contributed by atoms with Gasteiger partial charge in [-0.3, -0.25) is 9.59 Å². The highest BCUT2D eigenvalue weighted by Crippen LogP contribution is 2.27. The molecule has 6 nitrogen and oxygen atoms in total. The maximum Gasteiger partial charge on any atom is 0.316 e. The lowest BCUT2D eigenvalue weighted by Crippen LogP contribution is -2.16. The van der Waals surface area contributed by atoms with Crippen LogP contribution < -0.4 is 0 Å². The third kappa shape index (κ3) is 5.33. The maximum atomic E-state index is 12.2. The van der Waals surface area contributed by atoms with E-state index in [1.807, 2.05) is 41.1 Å². The molecule has 1 aromatic carbocycles. The summed E-state index contributed by atoms with van der Waals surface area (Å²) in [6, 6.07) is 11.4. The molecule has 0 spiro atoms. The van der Waals surface area contributed by atoms with E-state index in [1.54, 1.807) is 23.5 Å². The number of aromatic nitrogens is 3. The minimum absolute atomic E-state index is 0.0716. The van der Waals surface area contributed by atoms with E-state index < -0.39 is 5.97 Å². The van der Waals surface area contributed by atoms with Crippen molar-refractivity contribution in [2.75, 3.05) is 12.4 Å². The Hall–Kier alpha value is -2.45. The molecular weight excluding hydrogens is 406 g/mol. The highest BCUT2D eigenvalue weighted by Gasteiger charge is 2.16. The zero-order valence-electron chi connectivity index (χ0n) is 16.6. The fraction of sp³-hybridized carbons (Fsp3) is 0.333. The Morgan fingerprint density at radius 1 is 1.17 bits per heavy atom. The van der Waals surface area contributed by atoms with Crippen LogP contribution in [0.4, 0.5) is 0 Å². The first-order valence-corrected chi connectivity index (χ1v) is 11.2. The van der Waals surface area contributed by atoms with E-state index >= 15 is 0 Å². The van der Waals surface area contributed by atoms with E-state index in [0.717, 1.165) is 16.3 Å². The van der Waals surface area contributed by atoms with Gasteiger partial charge in [0.1, 0.15) is 0 Å². The molecule has 2 heterocycles. The van der Waals surface area contributed by atoms with E-state index in [4.69, 9.17) is 4.74 Å². The average molecular weight is 430 g/mol. The van der Waals surface area contributed by atoms with Crippen LogP contribution >= 0.6 is 23.1 Å². The lowest BCUT2D eigenvalue weighted by molar-refractivity contribution is -0.139. The third-order valence-corrected chi connectivity index (χ3v) is 6.16. The number of carbonyl (C=O) groups is 2. The molecule has 0 N–H and O–H groups in total. The summed E-state index contributed by atoms with van der Waals surface area (Å²) in [6.07, 6.45) is 0. The molecule has 3 aromatic rings. The fourth-order valence-electron chi connectivity index (χ4n) is 2.72. The Bertz CT molecular complexity index is 964. The van der Waals surface area contributed by atoms with E-state index in [9.17, 15) is 9.59 Å². The van der Waals surface area contributed by atoms with E-state index in [-0.39, 0.29) is 18.1 Å². The first-order valence-electron chi connectivity index (χ1n) is 9.38. The number of hydrogen-bond donors (Lipinski definition) is 0. The number of ketones is 1. The quantitative estimate of drug-likeness (QED) is 0.280. The number of esters is 1. The summed E-state index contributed by atoms with van der Waals surface area (Å²) < 4.78 is 7.11. The summed E-state index contributed by atoms with van der Waals surface area (Å²) >= 11 is 2.85. The predicted molar refractivity (Wildman–Crippen MR) is 116 cm³/mol. The molecule has 0 aliphatic heterocycles. The van der Waals surface area contributed by atoms with Crippen molar-refractivity contribution in [1.29, 1.82) is 0 Å². The van der Waals surface area contributed by atoms with Crippen molar-refractivity contribution in [3.05, 3.63) is 52.9 Å². The summed E-state index contributed by atoms with van der Waals surface area (Å²) in [7, 11) is 0. The molecule has 3 rings (SSSR count). The van der Waals surface area contributed by atoms with Crippen molar-refractivity contribution >= 4 is 34.9 Å². The maximum absolute atomic E-state index is 12.2. The van der Waals surface area contributed by atoms with Gasteiger partial charge in [0.05, 0.1) is 10.6 Å². The van der Waals surface area contributed by atoms with Gasteiger partial charge in [-0.25, -0.2) is 0 Å². The molecule has 0 saturated carbocycles. The smallest absolute Gasteiger partial charge is 0.316 e. The van der Waals surface area contributed by atoms with Crippen molar-refractivity contribution < 1.29 is 14.3 Å². The molecule has 0 fully saturated rings. The summed E-state index contributed by atoms with van der Waals surface area (Å²) in [5.74, 6) is 0.598. The summed E-state index contributed by atoms with van der Waals surface area (Å²) in [5, 5.41) is 11.1. The van der Waals surface area contributed by atoms with Crippen LogP contribution in [-0.4, -0.2) is 38.9 Å². The van der Waals surface area contributed by atoms with Gasteiger partial charge in [0.25, 0.3) is 0 Å². The van der Waals surface area contributed by atoms with Gasteiger partial charge in [0.15, 0.2) is 23.4 Å². The number of ether oxygens (including phenoxy) is 1. The van der Waals surface area contributed by atoms with Crippen LogP contribution in [0, 0.1) is 0 Å². The fourth-order valence-corrected chi connectivity index (χ4v) is 4.23. The van der Waals surface area contributed by atoms with Gasteiger partial charge in [0.2, 0.25) is 0 Å². The van der Waals surface area contributed by atoms with Crippen molar-refractivity contribution in [3.8, 4) is 10.7 Å². The number of hydrogen-bond acceptors (Lipinski definition) is 7. The number of thiophene rings is 1.